The number of thiophene rings is 1. The molecule has 0 saturated carbocycles. The van der Waals surface area contributed by atoms with Crippen LogP contribution in [0.3, 0.4) is 0 Å². The summed E-state index contributed by atoms with van der Waals surface area (Å²) in [5.74, 6) is 0. The maximum absolute atomic E-state index is 12.9. The fourth-order valence-electron chi connectivity index (χ4n) is 3.24. The first-order valence-electron chi connectivity index (χ1n) is 7.73. The molecule has 24 heavy (non-hydrogen) atoms. The molecule has 3 aromatic rings. The highest BCUT2D eigenvalue weighted by Gasteiger charge is 2.21. The van der Waals surface area contributed by atoms with Crippen molar-refractivity contribution in [3.05, 3.63) is 59.7 Å². The van der Waals surface area contributed by atoms with Crippen LogP contribution in [0.1, 0.15) is 22.6 Å². The normalized spacial score (nSPS) is 13.6. The SMILES string of the molecule is Cn1c(Cn2cnc3sc4c(c3c2=O)CCC4)cc(=O)n(C)c1=O. The maximum Gasteiger partial charge on any atom is 0.330 e. The molecule has 0 aliphatic heterocycles. The van der Waals surface area contributed by atoms with Gasteiger partial charge in [-0.05, 0) is 24.8 Å². The van der Waals surface area contributed by atoms with Gasteiger partial charge < -0.3 is 0 Å². The summed E-state index contributed by atoms with van der Waals surface area (Å²) in [5.41, 5.74) is 0.716. The van der Waals surface area contributed by atoms with Crippen molar-refractivity contribution in [2.45, 2.75) is 25.8 Å². The Morgan fingerprint density at radius 2 is 1.96 bits per heavy atom. The number of rotatable bonds is 2. The molecule has 7 nitrogen and oxygen atoms in total. The first-order valence-corrected chi connectivity index (χ1v) is 8.54. The molecule has 0 spiro atoms. The van der Waals surface area contributed by atoms with E-state index in [1.54, 1.807) is 18.4 Å². The molecule has 0 saturated heterocycles. The monoisotopic (exact) mass is 344 g/mol. The van der Waals surface area contributed by atoms with Gasteiger partial charge in [0.15, 0.2) is 0 Å². The molecular formula is C16H16N4O3S. The van der Waals surface area contributed by atoms with E-state index in [0.29, 0.717) is 11.1 Å². The van der Waals surface area contributed by atoms with Crippen LogP contribution in [0.5, 0.6) is 0 Å². The third-order valence-corrected chi connectivity index (χ3v) is 5.85. The lowest BCUT2D eigenvalue weighted by molar-refractivity contribution is 0.616. The van der Waals surface area contributed by atoms with E-state index in [0.717, 1.165) is 34.2 Å². The van der Waals surface area contributed by atoms with Gasteiger partial charge in [0.05, 0.1) is 18.3 Å². The van der Waals surface area contributed by atoms with Crippen molar-refractivity contribution in [2.75, 3.05) is 0 Å². The predicted octanol–water partition coefficient (Wildman–Crippen LogP) is 0.392. The van der Waals surface area contributed by atoms with Gasteiger partial charge in [-0.15, -0.1) is 11.3 Å². The number of aryl methyl sites for hydroxylation is 2. The van der Waals surface area contributed by atoms with Crippen LogP contribution in [-0.2, 0) is 33.5 Å². The highest BCUT2D eigenvalue weighted by atomic mass is 32.1. The summed E-state index contributed by atoms with van der Waals surface area (Å²) in [6, 6.07) is 1.39. The molecule has 3 aromatic heterocycles. The average Bonchev–Trinajstić information content (AvgIpc) is 3.13. The van der Waals surface area contributed by atoms with E-state index in [4.69, 9.17) is 0 Å². The molecule has 0 amide bonds. The third-order valence-electron chi connectivity index (χ3n) is 4.65. The van der Waals surface area contributed by atoms with E-state index in [1.165, 1.54) is 33.5 Å². The number of hydrogen-bond acceptors (Lipinski definition) is 5. The largest absolute Gasteiger partial charge is 0.330 e. The van der Waals surface area contributed by atoms with Crippen molar-refractivity contribution >= 4 is 21.6 Å². The van der Waals surface area contributed by atoms with Crippen LogP contribution in [0.15, 0.2) is 26.8 Å². The van der Waals surface area contributed by atoms with Crippen LogP contribution in [0.2, 0.25) is 0 Å². The van der Waals surface area contributed by atoms with Crippen molar-refractivity contribution in [3.8, 4) is 0 Å². The Hall–Kier alpha value is -2.48. The zero-order valence-corrected chi connectivity index (χ0v) is 14.2. The summed E-state index contributed by atoms with van der Waals surface area (Å²) in [7, 11) is 3.03. The van der Waals surface area contributed by atoms with Gasteiger partial charge in [0.2, 0.25) is 0 Å². The first kappa shape index (κ1) is 15.1. The minimum atomic E-state index is -0.406. The van der Waals surface area contributed by atoms with E-state index in [9.17, 15) is 14.4 Å². The molecular weight excluding hydrogens is 328 g/mol. The molecule has 3 heterocycles. The molecule has 1 aliphatic rings. The quantitative estimate of drug-likeness (QED) is 0.674. The lowest BCUT2D eigenvalue weighted by Crippen LogP contribution is -2.39. The van der Waals surface area contributed by atoms with Crippen molar-refractivity contribution in [3.63, 3.8) is 0 Å². The molecule has 1 aliphatic carbocycles. The zero-order valence-electron chi connectivity index (χ0n) is 13.4. The lowest BCUT2D eigenvalue weighted by Gasteiger charge is -2.11. The summed E-state index contributed by atoms with van der Waals surface area (Å²) >= 11 is 1.59. The van der Waals surface area contributed by atoms with Crippen molar-refractivity contribution in [1.82, 2.24) is 18.7 Å². The van der Waals surface area contributed by atoms with Gasteiger partial charge in [-0.1, -0.05) is 0 Å². The molecule has 0 radical (unpaired) electrons. The molecule has 4 rings (SSSR count). The van der Waals surface area contributed by atoms with Gasteiger partial charge in [0.25, 0.3) is 11.1 Å². The van der Waals surface area contributed by atoms with Crippen LogP contribution in [-0.4, -0.2) is 18.7 Å². The van der Waals surface area contributed by atoms with Gasteiger partial charge in [-0.3, -0.25) is 23.3 Å². The van der Waals surface area contributed by atoms with Crippen LogP contribution in [0.25, 0.3) is 10.2 Å². The van der Waals surface area contributed by atoms with Gasteiger partial charge in [0, 0.05) is 30.7 Å². The first-order chi connectivity index (χ1) is 11.5. The minimum absolute atomic E-state index is 0.104. The van der Waals surface area contributed by atoms with Gasteiger partial charge in [-0.25, -0.2) is 9.78 Å². The minimum Gasteiger partial charge on any atom is -0.299 e. The molecule has 0 bridgehead atoms. The van der Waals surface area contributed by atoms with E-state index in [-0.39, 0.29) is 17.7 Å². The molecule has 0 atom stereocenters. The Balaban J connectivity index is 1.87. The Kier molecular flexibility index (Phi) is 3.31. The second-order valence-corrected chi connectivity index (χ2v) is 7.17. The lowest BCUT2D eigenvalue weighted by atomic mass is 10.2. The number of nitrogens with zero attached hydrogens (tertiary/aromatic N) is 4. The third kappa shape index (κ3) is 2.10. The predicted molar refractivity (Wildman–Crippen MR) is 91.9 cm³/mol. The van der Waals surface area contributed by atoms with Crippen molar-refractivity contribution in [1.29, 1.82) is 0 Å². The number of aromatic nitrogens is 4. The number of hydrogen-bond donors (Lipinski definition) is 0. The molecule has 124 valence electrons. The van der Waals surface area contributed by atoms with Gasteiger partial charge in [-0.2, -0.15) is 0 Å². The fraction of sp³-hybridized carbons (Fsp3) is 0.375. The summed E-state index contributed by atoms with van der Waals surface area (Å²) in [5, 5.41) is 0.698. The fourth-order valence-corrected chi connectivity index (χ4v) is 4.46. The van der Waals surface area contributed by atoms with Crippen LogP contribution in [0, 0.1) is 0 Å². The Bertz CT molecular complexity index is 1150. The highest BCUT2D eigenvalue weighted by Crippen LogP contribution is 2.34. The van der Waals surface area contributed by atoms with Crippen LogP contribution in [0.4, 0.5) is 0 Å². The molecule has 0 aromatic carbocycles. The van der Waals surface area contributed by atoms with Crippen molar-refractivity contribution < 1.29 is 0 Å². The summed E-state index contributed by atoms with van der Waals surface area (Å²) in [6.45, 7) is 0.147. The Labute approximate surface area is 140 Å². The summed E-state index contributed by atoms with van der Waals surface area (Å²) in [6.07, 6.45) is 4.51. The summed E-state index contributed by atoms with van der Waals surface area (Å²) < 4.78 is 3.90. The molecule has 0 unspecified atom stereocenters. The Morgan fingerprint density at radius 1 is 1.17 bits per heavy atom. The average molecular weight is 344 g/mol. The van der Waals surface area contributed by atoms with E-state index >= 15 is 0 Å². The topological polar surface area (TPSA) is 78.9 Å². The summed E-state index contributed by atoms with van der Waals surface area (Å²) in [4.78, 5) is 43.2. The van der Waals surface area contributed by atoms with Crippen LogP contribution >= 0.6 is 11.3 Å². The standard InChI is InChI=1S/C16H16N4O3S/c1-18-9(6-12(21)19(2)16(18)23)7-20-8-17-14-13(15(20)22)10-4-3-5-11(10)24-14/h6,8H,3-5,7H2,1-2H3. The second kappa shape index (κ2) is 5.27. The van der Waals surface area contributed by atoms with Crippen LogP contribution < -0.4 is 16.8 Å². The van der Waals surface area contributed by atoms with E-state index in [1.807, 2.05) is 0 Å². The second-order valence-electron chi connectivity index (χ2n) is 6.09. The van der Waals surface area contributed by atoms with Gasteiger partial charge in [0.1, 0.15) is 4.83 Å². The van der Waals surface area contributed by atoms with E-state index in [2.05, 4.69) is 4.98 Å². The molecule has 8 heteroatoms. The van der Waals surface area contributed by atoms with Crippen molar-refractivity contribution in [2.24, 2.45) is 14.1 Å². The smallest absolute Gasteiger partial charge is 0.299 e. The van der Waals surface area contributed by atoms with E-state index < -0.39 is 5.69 Å². The molecule has 0 N–H and O–H groups in total. The highest BCUT2D eigenvalue weighted by molar-refractivity contribution is 7.18. The Morgan fingerprint density at radius 3 is 2.75 bits per heavy atom. The maximum atomic E-state index is 12.9. The number of fused-ring (bicyclic) bond motifs is 3. The zero-order chi connectivity index (χ0) is 17.0. The molecule has 0 fully saturated rings. The van der Waals surface area contributed by atoms with Gasteiger partial charge >= 0.3 is 5.69 Å².